The average Bonchev–Trinajstić information content (AvgIpc) is 3.63. The standard InChI is InChI=1S/C54H57N3O8/c1-34-16-20-36(21-17-34)50(37-22-18-35(2)19-23-37)56-49(58)33-63-39-26-24-38(25-27-39)51(45-29-28-40(61-6)30-48(45)62-7)57-52(59)47(32-65-54(3,4)5)55-53(60)64-31-46-43-14-10-8-12-41(43)42-13-9-11-15-44(42)46/h8-30,46-47,50-51H,31-33H2,1-7H3,(H,55,60)(H,56,58)(H,57,59)/t47-,51?/m1/s1. The molecule has 0 fully saturated rings. The van der Waals surface area contributed by atoms with Gasteiger partial charge in [-0.15, -0.1) is 0 Å². The summed E-state index contributed by atoms with van der Waals surface area (Å²) in [7, 11) is 3.10. The topological polar surface area (TPSA) is 133 Å². The SMILES string of the molecule is COc1ccc(C(NC(=O)[C@@H](COC(C)(C)C)NC(=O)OCC2c3ccccc3-c3ccccc32)c2ccc(OCC(=O)NC(c3ccc(C)cc3)c3ccc(C)cc3)cc2)c(OC)c1. The second kappa shape index (κ2) is 20.6. The van der Waals surface area contributed by atoms with Crippen molar-refractivity contribution in [1.82, 2.24) is 16.0 Å². The zero-order valence-corrected chi connectivity index (χ0v) is 38.0. The fourth-order valence-corrected chi connectivity index (χ4v) is 7.92. The maximum Gasteiger partial charge on any atom is 0.407 e. The summed E-state index contributed by atoms with van der Waals surface area (Å²) in [4.78, 5) is 41.4. The van der Waals surface area contributed by atoms with Crippen LogP contribution in [0.5, 0.6) is 17.2 Å². The van der Waals surface area contributed by atoms with Crippen LogP contribution in [0.15, 0.2) is 140 Å². The van der Waals surface area contributed by atoms with E-state index in [0.29, 0.717) is 28.4 Å². The van der Waals surface area contributed by atoms with Crippen molar-refractivity contribution in [2.45, 2.75) is 64.3 Å². The molecule has 1 aliphatic rings. The van der Waals surface area contributed by atoms with E-state index in [0.717, 1.165) is 44.5 Å². The predicted molar refractivity (Wildman–Crippen MR) is 252 cm³/mol. The highest BCUT2D eigenvalue weighted by Crippen LogP contribution is 2.44. The number of hydrogen-bond donors (Lipinski definition) is 3. The molecule has 0 saturated carbocycles. The minimum atomic E-state index is -1.14. The Morgan fingerprint density at radius 2 is 1.15 bits per heavy atom. The molecule has 0 spiro atoms. The zero-order valence-electron chi connectivity index (χ0n) is 38.0. The van der Waals surface area contributed by atoms with Crippen LogP contribution in [-0.4, -0.2) is 63.6 Å². The summed E-state index contributed by atoms with van der Waals surface area (Å²) in [6.45, 7) is 9.40. The second-order valence-electron chi connectivity index (χ2n) is 17.2. The number of fused-ring (bicyclic) bond motifs is 3. The van der Waals surface area contributed by atoms with Gasteiger partial charge in [-0.25, -0.2) is 4.79 Å². The highest BCUT2D eigenvalue weighted by atomic mass is 16.6. The van der Waals surface area contributed by atoms with E-state index in [-0.39, 0.29) is 37.7 Å². The molecular formula is C54H57N3O8. The summed E-state index contributed by atoms with van der Waals surface area (Å²) in [5.41, 5.74) is 9.23. The normalized spacial score (nSPS) is 12.9. The maximum absolute atomic E-state index is 14.4. The van der Waals surface area contributed by atoms with Gasteiger partial charge in [0.25, 0.3) is 5.91 Å². The van der Waals surface area contributed by atoms with E-state index in [1.807, 2.05) is 138 Å². The smallest absolute Gasteiger partial charge is 0.407 e. The Morgan fingerprint density at radius 1 is 0.615 bits per heavy atom. The van der Waals surface area contributed by atoms with E-state index < -0.39 is 29.7 Å². The fraction of sp³-hybridized carbons (Fsp3) is 0.278. The molecule has 1 aliphatic carbocycles. The Balaban J connectivity index is 1.07. The molecule has 11 heteroatoms. The molecule has 65 heavy (non-hydrogen) atoms. The van der Waals surface area contributed by atoms with Gasteiger partial charge in [0.15, 0.2) is 6.61 Å². The zero-order chi connectivity index (χ0) is 46.1. The number of hydrogen-bond acceptors (Lipinski definition) is 8. The van der Waals surface area contributed by atoms with E-state index in [1.165, 1.54) is 0 Å². The van der Waals surface area contributed by atoms with Crippen LogP contribution in [0.1, 0.15) is 83.3 Å². The summed E-state index contributed by atoms with van der Waals surface area (Å²) in [5, 5.41) is 9.07. The molecule has 7 rings (SSSR count). The first-order valence-electron chi connectivity index (χ1n) is 21.7. The lowest BCUT2D eigenvalue weighted by molar-refractivity contribution is -0.127. The van der Waals surface area contributed by atoms with Crippen molar-refractivity contribution < 1.29 is 38.1 Å². The third-order valence-corrected chi connectivity index (χ3v) is 11.4. The molecule has 336 valence electrons. The van der Waals surface area contributed by atoms with E-state index in [2.05, 4.69) is 28.1 Å². The number of aryl methyl sites for hydroxylation is 2. The van der Waals surface area contributed by atoms with E-state index in [1.54, 1.807) is 38.5 Å². The van der Waals surface area contributed by atoms with Crippen LogP contribution in [0.25, 0.3) is 11.1 Å². The maximum atomic E-state index is 14.4. The molecular weight excluding hydrogens is 819 g/mol. The monoisotopic (exact) mass is 875 g/mol. The lowest BCUT2D eigenvalue weighted by atomic mass is 9.96. The quantitative estimate of drug-likeness (QED) is 0.0826. The van der Waals surface area contributed by atoms with E-state index >= 15 is 0 Å². The highest BCUT2D eigenvalue weighted by molar-refractivity contribution is 5.87. The van der Waals surface area contributed by atoms with Crippen molar-refractivity contribution in [3.8, 4) is 28.4 Å². The van der Waals surface area contributed by atoms with Crippen molar-refractivity contribution in [3.05, 3.63) is 184 Å². The number of benzene rings is 6. The molecule has 6 aromatic rings. The molecule has 3 amide bonds. The van der Waals surface area contributed by atoms with Gasteiger partial charge in [-0.2, -0.15) is 0 Å². The third kappa shape index (κ3) is 11.5. The van der Waals surface area contributed by atoms with Gasteiger partial charge < -0.3 is 39.6 Å². The van der Waals surface area contributed by atoms with Crippen molar-refractivity contribution in [3.63, 3.8) is 0 Å². The lowest BCUT2D eigenvalue weighted by Gasteiger charge is -2.28. The van der Waals surface area contributed by atoms with E-state index in [4.69, 9.17) is 23.7 Å². The summed E-state index contributed by atoms with van der Waals surface area (Å²) >= 11 is 0. The number of methoxy groups -OCH3 is 2. The van der Waals surface area contributed by atoms with Crippen molar-refractivity contribution in [2.24, 2.45) is 0 Å². The highest BCUT2D eigenvalue weighted by Gasteiger charge is 2.32. The second-order valence-corrected chi connectivity index (χ2v) is 17.2. The first-order valence-corrected chi connectivity index (χ1v) is 21.7. The van der Waals surface area contributed by atoms with E-state index in [9.17, 15) is 14.4 Å². The lowest BCUT2D eigenvalue weighted by Crippen LogP contribution is -2.51. The largest absolute Gasteiger partial charge is 0.497 e. The van der Waals surface area contributed by atoms with Gasteiger partial charge in [0.2, 0.25) is 5.91 Å². The first kappa shape index (κ1) is 45.9. The number of carbonyl (C=O) groups is 3. The van der Waals surface area contributed by atoms with Crippen LogP contribution in [-0.2, 0) is 19.1 Å². The van der Waals surface area contributed by atoms with Gasteiger partial charge in [0.05, 0.1) is 38.5 Å². The van der Waals surface area contributed by atoms with Crippen LogP contribution in [0, 0.1) is 13.8 Å². The van der Waals surface area contributed by atoms with Gasteiger partial charge in [-0.3, -0.25) is 9.59 Å². The van der Waals surface area contributed by atoms with Crippen LogP contribution in [0.4, 0.5) is 4.79 Å². The van der Waals surface area contributed by atoms with Gasteiger partial charge in [-0.1, -0.05) is 120 Å². The van der Waals surface area contributed by atoms with Crippen LogP contribution in [0.3, 0.4) is 0 Å². The number of amides is 3. The molecule has 2 atom stereocenters. The third-order valence-electron chi connectivity index (χ3n) is 11.4. The Bertz CT molecular complexity index is 2500. The first-order chi connectivity index (χ1) is 31.3. The minimum absolute atomic E-state index is 0.0795. The van der Waals surface area contributed by atoms with Crippen LogP contribution < -0.4 is 30.2 Å². The summed E-state index contributed by atoms with van der Waals surface area (Å²) < 4.78 is 29.2. The Labute approximate surface area is 381 Å². The van der Waals surface area contributed by atoms with Gasteiger partial charge in [0.1, 0.15) is 29.9 Å². The summed E-state index contributed by atoms with van der Waals surface area (Å²) in [6.07, 6.45) is -0.752. The van der Waals surface area contributed by atoms with Crippen molar-refractivity contribution >= 4 is 17.9 Å². The molecule has 0 saturated heterocycles. The Morgan fingerprint density at radius 3 is 1.71 bits per heavy atom. The van der Waals surface area contributed by atoms with Gasteiger partial charge in [0, 0.05) is 17.5 Å². The molecule has 0 radical (unpaired) electrons. The minimum Gasteiger partial charge on any atom is -0.497 e. The number of nitrogens with one attached hydrogen (secondary N) is 3. The van der Waals surface area contributed by atoms with Crippen LogP contribution >= 0.6 is 0 Å². The number of rotatable bonds is 17. The summed E-state index contributed by atoms with van der Waals surface area (Å²) in [6, 6.07) is 42.5. The Hall–Kier alpha value is -7.11. The molecule has 0 aromatic heterocycles. The van der Waals surface area contributed by atoms with Gasteiger partial charge >= 0.3 is 6.09 Å². The number of alkyl carbamates (subject to hydrolysis) is 1. The number of ether oxygens (including phenoxy) is 5. The van der Waals surface area contributed by atoms with Gasteiger partial charge in [-0.05, 0) is 97.8 Å². The molecule has 1 unspecified atom stereocenters. The summed E-state index contributed by atoms with van der Waals surface area (Å²) in [5.74, 6) is 0.522. The Kier molecular flexibility index (Phi) is 14.5. The molecule has 11 nitrogen and oxygen atoms in total. The van der Waals surface area contributed by atoms with Crippen molar-refractivity contribution in [1.29, 1.82) is 0 Å². The van der Waals surface area contributed by atoms with Crippen molar-refractivity contribution in [2.75, 3.05) is 34.0 Å². The molecule has 0 bridgehead atoms. The molecule has 6 aromatic carbocycles. The number of carbonyl (C=O) groups excluding carboxylic acids is 3. The predicted octanol–water partition coefficient (Wildman–Crippen LogP) is 9.53. The average molecular weight is 876 g/mol. The van der Waals surface area contributed by atoms with Crippen LogP contribution in [0.2, 0.25) is 0 Å². The molecule has 0 heterocycles. The fourth-order valence-electron chi connectivity index (χ4n) is 7.92. The molecule has 0 aliphatic heterocycles. The molecule has 3 N–H and O–H groups in total.